The number of carbonyl (C=O) groups is 1. The summed E-state index contributed by atoms with van der Waals surface area (Å²) >= 11 is 6.46. The number of amides is 1. The minimum absolute atomic E-state index is 0.0326. The van der Waals surface area contributed by atoms with Gasteiger partial charge in [0.1, 0.15) is 0 Å². The molecule has 6 rings (SSSR count). The van der Waals surface area contributed by atoms with Crippen molar-refractivity contribution in [2.24, 2.45) is 0 Å². The molecule has 2 unspecified atom stereocenters. The van der Waals surface area contributed by atoms with E-state index < -0.39 is 0 Å². The SMILES string of the molecule is O=C(Cc1ccccc1)NC1CCN(CC23CC(c4ccccc42)c2ccc(Cl)cc23)CC1. The Kier molecular flexibility index (Phi) is 5.27. The van der Waals surface area contributed by atoms with Gasteiger partial charge >= 0.3 is 0 Å². The summed E-state index contributed by atoms with van der Waals surface area (Å²) in [5.41, 5.74) is 6.97. The molecular weight excluding hydrogens is 428 g/mol. The number of hydrogen-bond acceptors (Lipinski definition) is 2. The second-order valence-corrected chi connectivity index (χ2v) is 10.4. The van der Waals surface area contributed by atoms with Gasteiger partial charge in [0.15, 0.2) is 0 Å². The van der Waals surface area contributed by atoms with Gasteiger partial charge in [-0.15, -0.1) is 0 Å². The standard InChI is InChI=1S/C29H29ClN2O/c30-21-10-11-24-25-18-29(27(24)17-21,26-9-5-4-8-23(25)26)19-32-14-12-22(13-15-32)31-28(33)16-20-6-2-1-3-7-20/h1-11,17,22,25H,12-16,18-19H2,(H,31,33). The van der Waals surface area contributed by atoms with Gasteiger partial charge in [-0.05, 0) is 59.2 Å². The zero-order valence-corrected chi connectivity index (χ0v) is 19.5. The van der Waals surface area contributed by atoms with E-state index in [2.05, 4.69) is 46.6 Å². The number of rotatable bonds is 5. The summed E-state index contributed by atoms with van der Waals surface area (Å²) in [6, 6.07) is 25.7. The summed E-state index contributed by atoms with van der Waals surface area (Å²) in [6.45, 7) is 3.06. The topological polar surface area (TPSA) is 32.3 Å². The average molecular weight is 457 g/mol. The molecule has 0 aromatic heterocycles. The van der Waals surface area contributed by atoms with E-state index >= 15 is 0 Å². The number of likely N-dealkylation sites (tertiary alicyclic amines) is 1. The molecule has 0 radical (unpaired) electrons. The molecule has 2 bridgehead atoms. The van der Waals surface area contributed by atoms with Crippen molar-refractivity contribution in [1.29, 1.82) is 0 Å². The summed E-state index contributed by atoms with van der Waals surface area (Å²) in [5, 5.41) is 4.10. The molecule has 3 aromatic carbocycles. The van der Waals surface area contributed by atoms with Crippen LogP contribution in [0.15, 0.2) is 72.8 Å². The summed E-state index contributed by atoms with van der Waals surface area (Å²) < 4.78 is 0. The van der Waals surface area contributed by atoms with E-state index in [0.717, 1.165) is 49.5 Å². The molecule has 33 heavy (non-hydrogen) atoms. The van der Waals surface area contributed by atoms with E-state index in [0.29, 0.717) is 12.3 Å². The molecule has 1 fully saturated rings. The molecule has 1 amide bonds. The average Bonchev–Trinajstić information content (AvgIpc) is 3.32. The molecule has 168 valence electrons. The smallest absolute Gasteiger partial charge is 0.224 e. The molecule has 2 aliphatic carbocycles. The molecule has 1 N–H and O–H groups in total. The lowest BCUT2D eigenvalue weighted by Gasteiger charge is -2.40. The van der Waals surface area contributed by atoms with Crippen molar-refractivity contribution in [3.05, 3.63) is 106 Å². The van der Waals surface area contributed by atoms with Crippen LogP contribution in [0.25, 0.3) is 0 Å². The maximum Gasteiger partial charge on any atom is 0.224 e. The van der Waals surface area contributed by atoms with Crippen molar-refractivity contribution in [2.45, 2.75) is 43.1 Å². The predicted molar refractivity (Wildman–Crippen MR) is 133 cm³/mol. The number of nitrogens with one attached hydrogen (secondary N) is 1. The van der Waals surface area contributed by atoms with Crippen LogP contribution < -0.4 is 5.32 Å². The fourth-order valence-corrected chi connectivity index (χ4v) is 6.67. The Balaban J connectivity index is 1.15. The lowest BCUT2D eigenvalue weighted by atomic mass is 9.74. The molecule has 3 aliphatic rings. The summed E-state index contributed by atoms with van der Waals surface area (Å²) in [7, 11) is 0. The molecule has 2 atom stereocenters. The van der Waals surface area contributed by atoms with Gasteiger partial charge < -0.3 is 10.2 Å². The van der Waals surface area contributed by atoms with Crippen LogP contribution in [0.1, 0.15) is 53.0 Å². The van der Waals surface area contributed by atoms with Crippen LogP contribution in [0.4, 0.5) is 0 Å². The van der Waals surface area contributed by atoms with E-state index in [-0.39, 0.29) is 17.4 Å². The van der Waals surface area contributed by atoms with Gasteiger partial charge in [-0.3, -0.25) is 4.79 Å². The number of nitrogens with zero attached hydrogens (tertiary/aromatic N) is 1. The molecule has 0 saturated carbocycles. The summed E-state index contributed by atoms with van der Waals surface area (Å²) in [4.78, 5) is 15.1. The zero-order chi connectivity index (χ0) is 22.4. The van der Waals surface area contributed by atoms with Crippen molar-refractivity contribution in [3.63, 3.8) is 0 Å². The molecule has 4 heteroatoms. The minimum Gasteiger partial charge on any atom is -0.353 e. The molecule has 1 heterocycles. The van der Waals surface area contributed by atoms with Crippen molar-refractivity contribution in [3.8, 4) is 0 Å². The van der Waals surface area contributed by atoms with Crippen LogP contribution in [0, 0.1) is 0 Å². The van der Waals surface area contributed by atoms with Gasteiger partial charge in [0.25, 0.3) is 0 Å². The second-order valence-electron chi connectivity index (χ2n) is 9.94. The largest absolute Gasteiger partial charge is 0.353 e. The lowest BCUT2D eigenvalue weighted by Crippen LogP contribution is -2.48. The first-order chi connectivity index (χ1) is 16.1. The van der Waals surface area contributed by atoms with Gasteiger partial charge in [0.2, 0.25) is 5.91 Å². The predicted octanol–water partition coefficient (Wildman–Crippen LogP) is 5.30. The van der Waals surface area contributed by atoms with E-state index in [9.17, 15) is 4.79 Å². The van der Waals surface area contributed by atoms with E-state index in [1.165, 1.54) is 22.3 Å². The Morgan fingerprint density at radius 3 is 2.48 bits per heavy atom. The van der Waals surface area contributed by atoms with Crippen LogP contribution in [-0.4, -0.2) is 36.5 Å². The Hall–Kier alpha value is -2.62. The quantitative estimate of drug-likeness (QED) is 0.565. The van der Waals surface area contributed by atoms with E-state index in [1.807, 2.05) is 36.4 Å². The number of carbonyl (C=O) groups excluding carboxylic acids is 1. The minimum atomic E-state index is 0.0326. The van der Waals surface area contributed by atoms with E-state index in [1.54, 1.807) is 0 Å². The highest BCUT2D eigenvalue weighted by Gasteiger charge is 2.53. The third-order valence-corrected chi connectivity index (χ3v) is 8.20. The van der Waals surface area contributed by atoms with Gasteiger partial charge in [-0.1, -0.05) is 72.3 Å². The zero-order valence-electron chi connectivity index (χ0n) is 18.8. The lowest BCUT2D eigenvalue weighted by molar-refractivity contribution is -0.121. The number of halogens is 1. The van der Waals surface area contributed by atoms with Crippen molar-refractivity contribution >= 4 is 17.5 Å². The van der Waals surface area contributed by atoms with Crippen LogP contribution in [0.5, 0.6) is 0 Å². The van der Waals surface area contributed by atoms with Gasteiger partial charge in [-0.25, -0.2) is 0 Å². The van der Waals surface area contributed by atoms with Crippen LogP contribution in [0.2, 0.25) is 5.02 Å². The number of benzene rings is 3. The molecule has 0 spiro atoms. The fraction of sp³-hybridized carbons (Fsp3) is 0.345. The third kappa shape index (κ3) is 3.68. The normalized spacial score (nSPS) is 23.8. The first kappa shape index (κ1) is 20.9. The molecular formula is C29H29ClN2O. The maximum atomic E-state index is 12.5. The van der Waals surface area contributed by atoms with Crippen molar-refractivity contribution in [1.82, 2.24) is 10.2 Å². The fourth-order valence-electron chi connectivity index (χ4n) is 6.50. The van der Waals surface area contributed by atoms with Gasteiger partial charge in [-0.2, -0.15) is 0 Å². The molecule has 1 saturated heterocycles. The van der Waals surface area contributed by atoms with Gasteiger partial charge in [0, 0.05) is 42.0 Å². The Morgan fingerprint density at radius 1 is 0.939 bits per heavy atom. The molecule has 3 nitrogen and oxygen atoms in total. The Labute approximate surface area is 200 Å². The molecule has 1 aliphatic heterocycles. The van der Waals surface area contributed by atoms with Crippen LogP contribution in [-0.2, 0) is 16.6 Å². The number of piperidine rings is 1. The van der Waals surface area contributed by atoms with Crippen LogP contribution in [0.3, 0.4) is 0 Å². The summed E-state index contributed by atoms with van der Waals surface area (Å²) in [6.07, 6.45) is 3.61. The second kappa shape index (κ2) is 8.30. The van der Waals surface area contributed by atoms with Crippen molar-refractivity contribution < 1.29 is 4.79 Å². The summed E-state index contributed by atoms with van der Waals surface area (Å²) in [5.74, 6) is 0.619. The highest BCUT2D eigenvalue weighted by atomic mass is 35.5. The monoisotopic (exact) mass is 456 g/mol. The number of hydrogen-bond donors (Lipinski definition) is 1. The highest BCUT2D eigenvalue weighted by Crippen LogP contribution is 2.60. The number of fused-ring (bicyclic) bond motifs is 8. The third-order valence-electron chi connectivity index (χ3n) is 7.96. The first-order valence-electron chi connectivity index (χ1n) is 12.1. The van der Waals surface area contributed by atoms with Crippen molar-refractivity contribution in [2.75, 3.05) is 19.6 Å². The first-order valence-corrected chi connectivity index (χ1v) is 12.5. The maximum absolute atomic E-state index is 12.5. The molecule has 3 aromatic rings. The Morgan fingerprint density at radius 2 is 1.67 bits per heavy atom. The van der Waals surface area contributed by atoms with E-state index in [4.69, 9.17) is 11.6 Å². The van der Waals surface area contributed by atoms with Gasteiger partial charge in [0.05, 0.1) is 6.42 Å². The van der Waals surface area contributed by atoms with Crippen LogP contribution >= 0.6 is 11.6 Å². The highest BCUT2D eigenvalue weighted by molar-refractivity contribution is 6.30. The Bertz CT molecular complexity index is 1190.